The zero-order valence-corrected chi connectivity index (χ0v) is 37.5. The smallest absolute Gasteiger partial charge is 0.0713 e. The Balaban J connectivity index is 1.06. The van der Waals surface area contributed by atoms with E-state index in [4.69, 9.17) is 0 Å². The topological polar surface area (TPSA) is 3.24 Å². The maximum atomic E-state index is 2.48. The number of thiophene rings is 1. The minimum absolute atomic E-state index is 0.494. The average Bonchev–Trinajstić information content (AvgIpc) is 3.93. The first-order chi connectivity index (χ1) is 33.2. The molecule has 13 rings (SSSR count). The van der Waals surface area contributed by atoms with Gasteiger partial charge in [0.2, 0.25) is 0 Å². The number of benzene rings is 11. The molecule has 67 heavy (non-hydrogen) atoms. The van der Waals surface area contributed by atoms with E-state index in [2.05, 4.69) is 266 Å². The molecule has 1 aromatic heterocycles. The fourth-order valence-corrected chi connectivity index (χ4v) is 12.3. The number of nitrogens with zero attached hydrogens (tertiary/aromatic N) is 1. The Bertz CT molecular complexity index is 3740. The van der Waals surface area contributed by atoms with E-state index in [-0.39, 0.29) is 0 Å². The van der Waals surface area contributed by atoms with E-state index in [0.29, 0.717) is 0 Å². The maximum Gasteiger partial charge on any atom is 0.0713 e. The monoisotopic (exact) mass is 869 g/mol. The molecule has 0 saturated heterocycles. The normalized spacial score (nSPS) is 12.6. The second-order valence-corrected chi connectivity index (χ2v) is 18.6. The third-order valence-corrected chi connectivity index (χ3v) is 15.1. The molecule has 0 saturated carbocycles. The molecule has 12 aromatic rings. The average molecular weight is 870 g/mol. The van der Waals surface area contributed by atoms with Crippen molar-refractivity contribution in [3.63, 3.8) is 0 Å². The van der Waals surface area contributed by atoms with Gasteiger partial charge >= 0.3 is 0 Å². The summed E-state index contributed by atoms with van der Waals surface area (Å²) < 4.78 is 2.54. The van der Waals surface area contributed by atoms with Crippen LogP contribution in [-0.2, 0) is 5.41 Å². The van der Waals surface area contributed by atoms with Crippen LogP contribution >= 0.6 is 11.3 Å². The lowest BCUT2D eigenvalue weighted by Gasteiger charge is -2.34. The summed E-state index contributed by atoms with van der Waals surface area (Å²) in [5.41, 5.74) is 18.0. The van der Waals surface area contributed by atoms with Crippen molar-refractivity contribution in [3.05, 3.63) is 283 Å². The zero-order valence-electron chi connectivity index (χ0n) is 36.7. The summed E-state index contributed by atoms with van der Waals surface area (Å²) in [6.07, 6.45) is 0. The van der Waals surface area contributed by atoms with Crippen molar-refractivity contribution in [1.82, 2.24) is 0 Å². The van der Waals surface area contributed by atoms with Gasteiger partial charge in [-0.2, -0.15) is 0 Å². The van der Waals surface area contributed by atoms with Crippen molar-refractivity contribution in [2.75, 3.05) is 4.90 Å². The Morgan fingerprint density at radius 1 is 0.313 bits per heavy atom. The Kier molecular flexibility index (Phi) is 9.33. The molecule has 0 fully saturated rings. The standard InChI is InChI=1S/C65H43NS/c1-5-19-44(20-6-1)45-35-37-51(38-36-45)66(50-27-11-4-12-28-50)52-39-40-55-58-41-47(54-31-17-22-46-21-13-14-29-53(46)54)42-59(64(58)67-62(55)43-52)56-32-18-34-61-63(56)57-30-15-16-33-60(57)65(61,48-23-7-2-8-24-48)49-25-9-3-10-26-49/h1-43H. The van der Waals surface area contributed by atoms with Crippen LogP contribution in [0.1, 0.15) is 22.3 Å². The van der Waals surface area contributed by atoms with Crippen molar-refractivity contribution in [1.29, 1.82) is 0 Å². The fourth-order valence-electron chi connectivity index (χ4n) is 11.0. The molecule has 0 radical (unpaired) electrons. The summed E-state index contributed by atoms with van der Waals surface area (Å²) in [4.78, 5) is 2.38. The molecule has 0 bridgehead atoms. The van der Waals surface area contributed by atoms with Crippen LogP contribution in [0, 0.1) is 0 Å². The van der Waals surface area contributed by atoms with Crippen molar-refractivity contribution in [3.8, 4) is 44.5 Å². The molecule has 2 heteroatoms. The SMILES string of the molecule is c1ccc(-c2ccc(N(c3ccccc3)c3ccc4c(c3)sc3c(-c5cccc6c5-c5ccccc5C6(c5ccccc5)c5ccccc5)cc(-c5cccc6ccccc56)cc34)cc2)cc1. The highest BCUT2D eigenvalue weighted by Crippen LogP contribution is 2.59. The molecule has 0 atom stereocenters. The molecular formula is C65H43NS. The number of hydrogen-bond acceptors (Lipinski definition) is 2. The molecule has 1 aliphatic carbocycles. The molecule has 0 N–H and O–H groups in total. The van der Waals surface area contributed by atoms with E-state index < -0.39 is 5.41 Å². The molecular weight excluding hydrogens is 827 g/mol. The first-order valence-corrected chi connectivity index (χ1v) is 23.9. The van der Waals surface area contributed by atoms with Crippen molar-refractivity contribution >= 4 is 59.3 Å². The van der Waals surface area contributed by atoms with E-state index in [1.54, 1.807) is 0 Å². The molecule has 0 spiro atoms. The maximum absolute atomic E-state index is 2.48. The van der Waals surface area contributed by atoms with Gasteiger partial charge in [-0.3, -0.25) is 0 Å². The number of para-hydroxylation sites is 1. The van der Waals surface area contributed by atoms with E-state index in [1.165, 1.54) is 97.7 Å². The van der Waals surface area contributed by atoms with Gasteiger partial charge in [0.25, 0.3) is 0 Å². The lowest BCUT2D eigenvalue weighted by Crippen LogP contribution is -2.28. The van der Waals surface area contributed by atoms with Gasteiger partial charge in [-0.05, 0) is 121 Å². The van der Waals surface area contributed by atoms with Gasteiger partial charge in [0.05, 0.1) is 5.41 Å². The first-order valence-electron chi connectivity index (χ1n) is 23.1. The molecule has 1 heterocycles. The highest BCUT2D eigenvalue weighted by molar-refractivity contribution is 7.26. The second-order valence-electron chi connectivity index (χ2n) is 17.5. The summed E-state index contributed by atoms with van der Waals surface area (Å²) in [5, 5.41) is 5.02. The zero-order chi connectivity index (χ0) is 44.3. The number of hydrogen-bond donors (Lipinski definition) is 0. The summed E-state index contributed by atoms with van der Waals surface area (Å²) in [7, 11) is 0. The van der Waals surface area contributed by atoms with Crippen LogP contribution < -0.4 is 4.90 Å². The minimum Gasteiger partial charge on any atom is -0.310 e. The van der Waals surface area contributed by atoms with E-state index in [0.717, 1.165) is 17.1 Å². The number of fused-ring (bicyclic) bond motifs is 7. The van der Waals surface area contributed by atoms with Crippen LogP contribution in [0.15, 0.2) is 261 Å². The van der Waals surface area contributed by atoms with Gasteiger partial charge < -0.3 is 4.90 Å². The van der Waals surface area contributed by atoms with Gasteiger partial charge in [-0.25, -0.2) is 0 Å². The van der Waals surface area contributed by atoms with Crippen LogP contribution in [0.5, 0.6) is 0 Å². The van der Waals surface area contributed by atoms with Gasteiger partial charge in [-0.15, -0.1) is 11.3 Å². The van der Waals surface area contributed by atoms with Crippen LogP contribution in [0.3, 0.4) is 0 Å². The summed E-state index contributed by atoms with van der Waals surface area (Å²) in [6.45, 7) is 0. The molecule has 0 unspecified atom stereocenters. The minimum atomic E-state index is -0.494. The van der Waals surface area contributed by atoms with E-state index in [1.807, 2.05) is 11.3 Å². The van der Waals surface area contributed by atoms with Gasteiger partial charge in [0, 0.05) is 42.8 Å². The predicted octanol–water partition coefficient (Wildman–Crippen LogP) is 18.0. The summed E-state index contributed by atoms with van der Waals surface area (Å²) in [6, 6.07) is 96.2. The van der Waals surface area contributed by atoms with Gasteiger partial charge in [0.1, 0.15) is 0 Å². The Morgan fingerprint density at radius 3 is 1.63 bits per heavy atom. The van der Waals surface area contributed by atoms with Crippen LogP contribution in [-0.4, -0.2) is 0 Å². The Morgan fingerprint density at radius 2 is 0.866 bits per heavy atom. The molecule has 11 aromatic carbocycles. The van der Waals surface area contributed by atoms with Crippen LogP contribution in [0.4, 0.5) is 17.1 Å². The third kappa shape index (κ3) is 6.29. The molecule has 1 nitrogen and oxygen atoms in total. The van der Waals surface area contributed by atoms with Gasteiger partial charge in [0.15, 0.2) is 0 Å². The number of anilines is 3. The lowest BCUT2D eigenvalue weighted by molar-refractivity contribution is 0.768. The highest BCUT2D eigenvalue weighted by atomic mass is 32.1. The quantitative estimate of drug-likeness (QED) is 0.147. The molecule has 0 aliphatic heterocycles. The lowest BCUT2D eigenvalue weighted by atomic mass is 9.67. The van der Waals surface area contributed by atoms with Crippen LogP contribution in [0.25, 0.3) is 75.5 Å². The summed E-state index contributed by atoms with van der Waals surface area (Å²) >= 11 is 1.91. The third-order valence-electron chi connectivity index (χ3n) is 13.9. The Hall–Kier alpha value is -8.30. The highest BCUT2D eigenvalue weighted by Gasteiger charge is 2.46. The van der Waals surface area contributed by atoms with Gasteiger partial charge in [-0.1, -0.05) is 212 Å². The van der Waals surface area contributed by atoms with Crippen LogP contribution in [0.2, 0.25) is 0 Å². The number of rotatable bonds is 8. The first kappa shape index (κ1) is 39.1. The van der Waals surface area contributed by atoms with Crippen molar-refractivity contribution in [2.45, 2.75) is 5.41 Å². The van der Waals surface area contributed by atoms with Crippen molar-refractivity contribution < 1.29 is 0 Å². The largest absolute Gasteiger partial charge is 0.310 e. The molecule has 0 amide bonds. The Labute approximate surface area is 395 Å². The molecule has 314 valence electrons. The second kappa shape index (κ2) is 16.0. The van der Waals surface area contributed by atoms with E-state index >= 15 is 0 Å². The summed E-state index contributed by atoms with van der Waals surface area (Å²) in [5.74, 6) is 0. The van der Waals surface area contributed by atoms with E-state index in [9.17, 15) is 0 Å². The fraction of sp³-hybridized carbons (Fsp3) is 0.0154. The van der Waals surface area contributed by atoms with Crippen molar-refractivity contribution in [2.24, 2.45) is 0 Å². The molecule has 1 aliphatic rings. The predicted molar refractivity (Wildman–Crippen MR) is 285 cm³/mol.